The number of likely N-dealkylation sites (tertiary alicyclic amines) is 1. The molecule has 1 amide bonds. The average molecular weight is 325 g/mol. The van der Waals surface area contributed by atoms with Crippen molar-refractivity contribution in [2.24, 2.45) is 0 Å². The lowest BCUT2D eigenvalue weighted by atomic mass is 10.2. The molecule has 0 aliphatic carbocycles. The van der Waals surface area contributed by atoms with E-state index in [0.717, 1.165) is 48.4 Å². The number of carbonyl (C=O) groups is 1. The molecule has 19 heavy (non-hydrogen) atoms. The lowest BCUT2D eigenvalue weighted by Crippen LogP contribution is -2.42. The van der Waals surface area contributed by atoms with E-state index in [1.165, 1.54) is 0 Å². The third-order valence-corrected chi connectivity index (χ3v) is 4.16. The first-order valence-corrected chi connectivity index (χ1v) is 7.48. The van der Waals surface area contributed by atoms with E-state index in [4.69, 9.17) is 4.74 Å². The number of carbonyl (C=O) groups excluding carboxylic acids is 1. The summed E-state index contributed by atoms with van der Waals surface area (Å²) in [6, 6.07) is 5.96. The number of hydrogen-bond donors (Lipinski definition) is 0. The topological polar surface area (TPSA) is 32.8 Å². The second-order valence-electron chi connectivity index (χ2n) is 4.97. The van der Waals surface area contributed by atoms with E-state index in [0.29, 0.717) is 13.2 Å². The van der Waals surface area contributed by atoms with Crippen molar-refractivity contribution < 1.29 is 9.53 Å². The maximum absolute atomic E-state index is 12.2. The van der Waals surface area contributed by atoms with Gasteiger partial charge in [0.15, 0.2) is 0 Å². The molecule has 0 bridgehead atoms. The lowest BCUT2D eigenvalue weighted by Gasteiger charge is -2.32. The van der Waals surface area contributed by atoms with Crippen LogP contribution in [0.25, 0.3) is 0 Å². The van der Waals surface area contributed by atoms with Crippen molar-refractivity contribution in [3.05, 3.63) is 22.7 Å². The molecule has 0 saturated carbocycles. The molecule has 1 aromatic carbocycles. The van der Waals surface area contributed by atoms with Gasteiger partial charge in [0.1, 0.15) is 12.4 Å². The monoisotopic (exact) mass is 324 g/mol. The minimum atomic E-state index is 0.230. The number of rotatable bonds is 2. The summed E-state index contributed by atoms with van der Waals surface area (Å²) in [6.07, 6.45) is 2.27. The van der Waals surface area contributed by atoms with Gasteiger partial charge >= 0.3 is 0 Å². The summed E-state index contributed by atoms with van der Waals surface area (Å²) in [5.74, 6) is 1.09. The number of nitrogens with zero attached hydrogens (tertiary/aromatic N) is 2. The quantitative estimate of drug-likeness (QED) is 0.836. The lowest BCUT2D eigenvalue weighted by molar-refractivity contribution is -0.128. The fourth-order valence-corrected chi connectivity index (χ4v) is 2.99. The second kappa shape index (κ2) is 5.41. The summed E-state index contributed by atoms with van der Waals surface area (Å²) in [4.78, 5) is 16.3. The number of benzene rings is 1. The van der Waals surface area contributed by atoms with Gasteiger partial charge in [0, 0.05) is 17.6 Å². The molecule has 5 heteroatoms. The van der Waals surface area contributed by atoms with Gasteiger partial charge < -0.3 is 14.5 Å². The van der Waals surface area contributed by atoms with Crippen LogP contribution in [0.15, 0.2) is 22.7 Å². The van der Waals surface area contributed by atoms with Gasteiger partial charge in [-0.3, -0.25) is 4.79 Å². The van der Waals surface area contributed by atoms with Crippen LogP contribution in [0.2, 0.25) is 0 Å². The summed E-state index contributed by atoms with van der Waals surface area (Å²) in [6.45, 7) is 3.69. The van der Waals surface area contributed by atoms with Crippen molar-refractivity contribution >= 4 is 27.5 Å². The van der Waals surface area contributed by atoms with Gasteiger partial charge in [-0.25, -0.2) is 0 Å². The van der Waals surface area contributed by atoms with E-state index in [2.05, 4.69) is 20.8 Å². The largest absolute Gasteiger partial charge is 0.490 e. The van der Waals surface area contributed by atoms with E-state index < -0.39 is 0 Å². The van der Waals surface area contributed by atoms with Crippen LogP contribution in [0.5, 0.6) is 5.75 Å². The van der Waals surface area contributed by atoms with Gasteiger partial charge in [-0.15, -0.1) is 0 Å². The van der Waals surface area contributed by atoms with Crippen molar-refractivity contribution in [2.45, 2.75) is 12.8 Å². The number of fused-ring (bicyclic) bond motifs is 1. The SMILES string of the molecule is O=C(CN1CCOc2cc(Br)ccc21)N1CCCC1. The molecule has 3 rings (SSSR count). The molecule has 0 spiro atoms. The highest BCUT2D eigenvalue weighted by atomic mass is 79.9. The van der Waals surface area contributed by atoms with Gasteiger partial charge in [0.05, 0.1) is 18.8 Å². The van der Waals surface area contributed by atoms with E-state index >= 15 is 0 Å². The van der Waals surface area contributed by atoms with Gasteiger partial charge in [-0.2, -0.15) is 0 Å². The Morgan fingerprint density at radius 3 is 2.84 bits per heavy atom. The zero-order valence-electron chi connectivity index (χ0n) is 10.8. The van der Waals surface area contributed by atoms with Crippen molar-refractivity contribution in [3.63, 3.8) is 0 Å². The molecule has 0 atom stereocenters. The summed E-state index contributed by atoms with van der Waals surface area (Å²) in [7, 11) is 0. The summed E-state index contributed by atoms with van der Waals surface area (Å²) < 4.78 is 6.64. The summed E-state index contributed by atoms with van der Waals surface area (Å²) >= 11 is 3.44. The molecule has 0 radical (unpaired) electrons. The predicted octanol–water partition coefficient (Wildman–Crippen LogP) is 2.27. The maximum Gasteiger partial charge on any atom is 0.242 e. The van der Waals surface area contributed by atoms with Crippen molar-refractivity contribution in [1.82, 2.24) is 4.90 Å². The van der Waals surface area contributed by atoms with Crippen LogP contribution in [-0.4, -0.2) is 43.6 Å². The second-order valence-corrected chi connectivity index (χ2v) is 5.89. The Hall–Kier alpha value is -1.23. The first-order chi connectivity index (χ1) is 9.24. The Balaban J connectivity index is 1.74. The normalized spacial score (nSPS) is 18.2. The Morgan fingerprint density at radius 1 is 1.26 bits per heavy atom. The average Bonchev–Trinajstić information content (AvgIpc) is 2.92. The summed E-state index contributed by atoms with van der Waals surface area (Å²) in [5.41, 5.74) is 1.02. The zero-order valence-corrected chi connectivity index (χ0v) is 12.4. The number of halogens is 1. The Bertz CT molecular complexity index is 486. The molecule has 4 nitrogen and oxygen atoms in total. The molecule has 2 aliphatic rings. The van der Waals surface area contributed by atoms with Crippen molar-refractivity contribution in [2.75, 3.05) is 37.7 Å². The first-order valence-electron chi connectivity index (χ1n) is 6.69. The molecular formula is C14H17BrN2O2. The third kappa shape index (κ3) is 2.71. The standard InChI is InChI=1S/C14H17BrN2O2/c15-11-3-4-12-13(9-11)19-8-7-17(12)10-14(18)16-5-1-2-6-16/h3-4,9H,1-2,5-8,10H2. The van der Waals surface area contributed by atoms with Gasteiger partial charge in [-0.1, -0.05) is 15.9 Å². The van der Waals surface area contributed by atoms with E-state index in [1.54, 1.807) is 0 Å². The van der Waals surface area contributed by atoms with Crippen LogP contribution >= 0.6 is 15.9 Å². The smallest absolute Gasteiger partial charge is 0.242 e. The fourth-order valence-electron chi connectivity index (χ4n) is 2.65. The van der Waals surface area contributed by atoms with Crippen LogP contribution in [0.3, 0.4) is 0 Å². The van der Waals surface area contributed by atoms with E-state index in [-0.39, 0.29) is 5.91 Å². The highest BCUT2D eigenvalue weighted by molar-refractivity contribution is 9.10. The van der Waals surface area contributed by atoms with Gasteiger partial charge in [-0.05, 0) is 31.0 Å². The molecule has 0 N–H and O–H groups in total. The highest BCUT2D eigenvalue weighted by Gasteiger charge is 2.24. The number of anilines is 1. The first kappa shape index (κ1) is 12.8. The molecule has 1 saturated heterocycles. The van der Waals surface area contributed by atoms with Crippen molar-refractivity contribution in [3.8, 4) is 5.75 Å². The summed E-state index contributed by atoms with van der Waals surface area (Å²) in [5, 5.41) is 0. The van der Waals surface area contributed by atoms with Gasteiger partial charge in [0.25, 0.3) is 0 Å². The highest BCUT2D eigenvalue weighted by Crippen LogP contribution is 2.33. The van der Waals surface area contributed by atoms with Crippen LogP contribution in [0.1, 0.15) is 12.8 Å². The van der Waals surface area contributed by atoms with Crippen LogP contribution in [-0.2, 0) is 4.79 Å². The van der Waals surface area contributed by atoms with Crippen LogP contribution in [0, 0.1) is 0 Å². The number of hydrogen-bond acceptors (Lipinski definition) is 3. The number of ether oxygens (including phenoxy) is 1. The minimum absolute atomic E-state index is 0.230. The predicted molar refractivity (Wildman–Crippen MR) is 77.7 cm³/mol. The third-order valence-electron chi connectivity index (χ3n) is 3.67. The van der Waals surface area contributed by atoms with E-state index in [9.17, 15) is 4.79 Å². The molecular weight excluding hydrogens is 308 g/mol. The van der Waals surface area contributed by atoms with E-state index in [1.807, 2.05) is 23.1 Å². The van der Waals surface area contributed by atoms with Crippen LogP contribution < -0.4 is 9.64 Å². The molecule has 1 fully saturated rings. The Labute approximate surface area is 121 Å². The van der Waals surface area contributed by atoms with Gasteiger partial charge in [0.2, 0.25) is 5.91 Å². The fraction of sp³-hybridized carbons (Fsp3) is 0.500. The maximum atomic E-state index is 12.2. The molecule has 2 aliphatic heterocycles. The van der Waals surface area contributed by atoms with Crippen molar-refractivity contribution in [1.29, 1.82) is 0 Å². The molecule has 2 heterocycles. The molecule has 0 unspecified atom stereocenters. The molecule has 1 aromatic rings. The zero-order chi connectivity index (χ0) is 13.2. The van der Waals surface area contributed by atoms with Crippen LogP contribution in [0.4, 0.5) is 5.69 Å². The molecule has 0 aromatic heterocycles. The minimum Gasteiger partial charge on any atom is -0.490 e. The number of amides is 1. The Kier molecular flexibility index (Phi) is 3.64. The molecule has 102 valence electrons. The Morgan fingerprint density at radius 2 is 2.05 bits per heavy atom.